The van der Waals surface area contributed by atoms with Crippen LogP contribution in [0.3, 0.4) is 0 Å². The van der Waals surface area contributed by atoms with E-state index < -0.39 is 0 Å². The molecule has 0 aliphatic heterocycles. The molecule has 0 unspecified atom stereocenters. The van der Waals surface area contributed by atoms with Crippen LogP contribution in [0.2, 0.25) is 0 Å². The Labute approximate surface area is 82.6 Å². The van der Waals surface area contributed by atoms with Gasteiger partial charge in [0.05, 0.1) is 11.4 Å². The van der Waals surface area contributed by atoms with E-state index in [1.807, 2.05) is 19.9 Å². The van der Waals surface area contributed by atoms with Gasteiger partial charge in [-0.1, -0.05) is 0 Å². The molecular formula is C10H12N4. The first kappa shape index (κ1) is 8.87. The van der Waals surface area contributed by atoms with Crippen molar-refractivity contribution in [1.29, 1.82) is 0 Å². The monoisotopic (exact) mass is 188 g/mol. The molecule has 0 spiro atoms. The Kier molecular flexibility index (Phi) is 2.04. The molecule has 14 heavy (non-hydrogen) atoms. The van der Waals surface area contributed by atoms with Crippen molar-refractivity contribution in [3.8, 4) is 5.69 Å². The maximum atomic E-state index is 4.40. The van der Waals surface area contributed by atoms with Gasteiger partial charge in [-0.15, -0.1) is 0 Å². The minimum Gasteiger partial charge on any atom is -0.256 e. The van der Waals surface area contributed by atoms with Gasteiger partial charge in [-0.25, -0.2) is 9.67 Å². The zero-order valence-electron chi connectivity index (χ0n) is 8.52. The molecule has 0 aliphatic carbocycles. The van der Waals surface area contributed by atoms with Crippen molar-refractivity contribution in [2.75, 3.05) is 0 Å². The number of nitrogens with zero attached hydrogens (tertiary/aromatic N) is 4. The van der Waals surface area contributed by atoms with E-state index in [2.05, 4.69) is 22.0 Å². The first-order valence-corrected chi connectivity index (χ1v) is 4.48. The molecule has 0 aromatic carbocycles. The lowest BCUT2D eigenvalue weighted by atomic mass is 10.2. The lowest BCUT2D eigenvalue weighted by Crippen LogP contribution is -2.03. The van der Waals surface area contributed by atoms with E-state index in [4.69, 9.17) is 0 Å². The fraction of sp³-hybridized carbons (Fsp3) is 0.300. The first-order chi connectivity index (χ1) is 6.68. The second kappa shape index (κ2) is 3.21. The highest BCUT2D eigenvalue weighted by molar-refractivity contribution is 5.43. The van der Waals surface area contributed by atoms with Crippen molar-refractivity contribution in [3.63, 3.8) is 0 Å². The summed E-state index contributed by atoms with van der Waals surface area (Å²) in [5.74, 6) is 0. The Morgan fingerprint density at radius 2 is 2.00 bits per heavy atom. The Bertz CT molecular complexity index is 422. The van der Waals surface area contributed by atoms with Gasteiger partial charge in [-0.05, 0) is 32.4 Å². The summed E-state index contributed by atoms with van der Waals surface area (Å²) >= 11 is 0. The van der Waals surface area contributed by atoms with Gasteiger partial charge >= 0.3 is 0 Å². The maximum absolute atomic E-state index is 4.40. The summed E-state index contributed by atoms with van der Waals surface area (Å²) in [7, 11) is 0. The molecule has 2 rings (SSSR count). The standard InChI is InChI=1S/C10H12N4/c1-7-4-8(2)13-9(3)10(7)14-6-11-5-12-14/h4-6H,1-3H3. The van der Waals surface area contributed by atoms with Crippen molar-refractivity contribution >= 4 is 0 Å². The number of hydrogen-bond donors (Lipinski definition) is 0. The van der Waals surface area contributed by atoms with Crippen LogP contribution in [0.15, 0.2) is 18.7 Å². The molecule has 4 heteroatoms. The summed E-state index contributed by atoms with van der Waals surface area (Å²) in [4.78, 5) is 8.33. The molecule has 2 aromatic rings. The Hall–Kier alpha value is -1.71. The smallest absolute Gasteiger partial charge is 0.138 e. The summed E-state index contributed by atoms with van der Waals surface area (Å²) in [6.45, 7) is 6.03. The molecule has 0 radical (unpaired) electrons. The van der Waals surface area contributed by atoms with Gasteiger partial charge < -0.3 is 0 Å². The van der Waals surface area contributed by atoms with Crippen molar-refractivity contribution < 1.29 is 0 Å². The lowest BCUT2D eigenvalue weighted by Gasteiger charge is -2.09. The van der Waals surface area contributed by atoms with Crippen LogP contribution in [0.5, 0.6) is 0 Å². The molecule has 0 fully saturated rings. The summed E-state index contributed by atoms with van der Waals surface area (Å²) in [5.41, 5.74) is 4.20. The van der Waals surface area contributed by atoms with Gasteiger partial charge in [0, 0.05) is 5.69 Å². The van der Waals surface area contributed by atoms with Gasteiger partial charge in [0.1, 0.15) is 12.7 Å². The van der Waals surface area contributed by atoms with Gasteiger partial charge in [-0.2, -0.15) is 5.10 Å². The second-order valence-electron chi connectivity index (χ2n) is 3.35. The minimum atomic E-state index is 0.980. The predicted octanol–water partition coefficient (Wildman–Crippen LogP) is 1.59. The van der Waals surface area contributed by atoms with Crippen LogP contribution in [0, 0.1) is 20.8 Å². The van der Waals surface area contributed by atoms with E-state index in [9.17, 15) is 0 Å². The average Bonchev–Trinajstić information content (AvgIpc) is 2.54. The third-order valence-electron chi connectivity index (χ3n) is 2.13. The molecule has 0 N–H and O–H groups in total. The van der Waals surface area contributed by atoms with E-state index in [1.165, 1.54) is 11.9 Å². The zero-order valence-corrected chi connectivity index (χ0v) is 8.52. The van der Waals surface area contributed by atoms with Crippen molar-refractivity contribution in [1.82, 2.24) is 19.7 Å². The second-order valence-corrected chi connectivity index (χ2v) is 3.35. The highest BCUT2D eigenvalue weighted by Crippen LogP contribution is 2.16. The van der Waals surface area contributed by atoms with E-state index in [-0.39, 0.29) is 0 Å². The quantitative estimate of drug-likeness (QED) is 0.682. The van der Waals surface area contributed by atoms with Crippen molar-refractivity contribution in [3.05, 3.63) is 35.7 Å². The highest BCUT2D eigenvalue weighted by atomic mass is 15.3. The minimum absolute atomic E-state index is 0.980. The predicted molar refractivity (Wildman–Crippen MR) is 53.4 cm³/mol. The lowest BCUT2D eigenvalue weighted by molar-refractivity contribution is 0.847. The van der Waals surface area contributed by atoms with Crippen LogP contribution < -0.4 is 0 Å². The van der Waals surface area contributed by atoms with Crippen LogP contribution in [0.4, 0.5) is 0 Å². The molecule has 4 nitrogen and oxygen atoms in total. The van der Waals surface area contributed by atoms with Crippen molar-refractivity contribution in [2.45, 2.75) is 20.8 Å². The Morgan fingerprint density at radius 3 is 2.57 bits per heavy atom. The molecule has 0 aliphatic rings. The van der Waals surface area contributed by atoms with Crippen LogP contribution in [0.1, 0.15) is 17.0 Å². The normalized spacial score (nSPS) is 10.5. The topological polar surface area (TPSA) is 43.6 Å². The number of hydrogen-bond acceptors (Lipinski definition) is 3. The van der Waals surface area contributed by atoms with E-state index in [0.717, 1.165) is 17.1 Å². The zero-order chi connectivity index (χ0) is 10.1. The summed E-state index contributed by atoms with van der Waals surface area (Å²) in [6.07, 6.45) is 3.21. The van der Waals surface area contributed by atoms with Crippen LogP contribution in [0.25, 0.3) is 5.69 Å². The molecule has 72 valence electrons. The van der Waals surface area contributed by atoms with E-state index >= 15 is 0 Å². The maximum Gasteiger partial charge on any atom is 0.138 e. The first-order valence-electron chi connectivity index (χ1n) is 4.48. The molecule has 2 heterocycles. The van der Waals surface area contributed by atoms with Crippen LogP contribution >= 0.6 is 0 Å². The summed E-state index contributed by atoms with van der Waals surface area (Å²) in [5, 5.41) is 4.10. The molecule has 0 atom stereocenters. The highest BCUT2D eigenvalue weighted by Gasteiger charge is 2.07. The molecule has 0 amide bonds. The van der Waals surface area contributed by atoms with Gasteiger partial charge in [0.2, 0.25) is 0 Å². The summed E-state index contributed by atoms with van der Waals surface area (Å²) in [6, 6.07) is 2.05. The van der Waals surface area contributed by atoms with E-state index in [0.29, 0.717) is 0 Å². The fourth-order valence-electron chi connectivity index (χ4n) is 1.69. The third kappa shape index (κ3) is 1.39. The number of aryl methyl sites for hydroxylation is 3. The Morgan fingerprint density at radius 1 is 1.21 bits per heavy atom. The fourth-order valence-corrected chi connectivity index (χ4v) is 1.69. The SMILES string of the molecule is Cc1cc(C)c(-n2cncn2)c(C)n1. The van der Waals surface area contributed by atoms with Gasteiger partial charge in [0.15, 0.2) is 0 Å². The largest absolute Gasteiger partial charge is 0.256 e. The average molecular weight is 188 g/mol. The third-order valence-corrected chi connectivity index (χ3v) is 2.13. The molecule has 0 bridgehead atoms. The molecule has 0 saturated carbocycles. The summed E-state index contributed by atoms with van der Waals surface area (Å²) < 4.78 is 1.75. The molecule has 0 saturated heterocycles. The van der Waals surface area contributed by atoms with Crippen LogP contribution in [-0.4, -0.2) is 19.7 Å². The number of pyridine rings is 1. The van der Waals surface area contributed by atoms with Gasteiger partial charge in [0.25, 0.3) is 0 Å². The van der Waals surface area contributed by atoms with E-state index in [1.54, 1.807) is 11.0 Å². The van der Waals surface area contributed by atoms with Crippen LogP contribution in [-0.2, 0) is 0 Å². The molecular weight excluding hydrogens is 176 g/mol. The van der Waals surface area contributed by atoms with Crippen molar-refractivity contribution in [2.24, 2.45) is 0 Å². The van der Waals surface area contributed by atoms with Gasteiger partial charge in [-0.3, -0.25) is 4.98 Å². The number of rotatable bonds is 1. The Balaban J connectivity index is 2.64. The number of aromatic nitrogens is 4. The molecule has 2 aromatic heterocycles.